The highest BCUT2D eigenvalue weighted by Crippen LogP contribution is 2.24. The molecule has 0 bridgehead atoms. The molecule has 0 aliphatic heterocycles. The van der Waals surface area contributed by atoms with Gasteiger partial charge in [0, 0.05) is 18.1 Å². The fourth-order valence-electron chi connectivity index (χ4n) is 2.36. The molecule has 0 saturated carbocycles. The first kappa shape index (κ1) is 20.9. The predicted molar refractivity (Wildman–Crippen MR) is 112 cm³/mol. The van der Waals surface area contributed by atoms with Crippen LogP contribution in [0.5, 0.6) is 5.75 Å². The van der Waals surface area contributed by atoms with Gasteiger partial charge in [-0.25, -0.2) is 0 Å². The Kier molecular flexibility index (Phi) is 8.63. The van der Waals surface area contributed by atoms with Gasteiger partial charge < -0.3 is 10.1 Å². The largest absolute Gasteiger partial charge is 0.481 e. The number of amides is 1. The van der Waals surface area contributed by atoms with Gasteiger partial charge in [0.1, 0.15) is 5.75 Å². The van der Waals surface area contributed by atoms with E-state index in [0.29, 0.717) is 16.6 Å². The van der Waals surface area contributed by atoms with Crippen molar-refractivity contribution in [1.82, 2.24) is 5.32 Å². The number of para-hydroxylation sites is 1. The van der Waals surface area contributed by atoms with Crippen molar-refractivity contribution in [2.45, 2.75) is 32.1 Å². The van der Waals surface area contributed by atoms with Crippen LogP contribution in [0.3, 0.4) is 0 Å². The zero-order chi connectivity index (χ0) is 18.9. The summed E-state index contributed by atoms with van der Waals surface area (Å²) in [6, 6.07) is 13.4. The molecule has 2 rings (SSSR count). The average Bonchev–Trinajstić information content (AvgIpc) is 2.64. The maximum absolute atomic E-state index is 12.2. The van der Waals surface area contributed by atoms with E-state index < -0.39 is 6.10 Å². The first-order chi connectivity index (χ1) is 12.5. The number of hydrogen-bond donors (Lipinski definition) is 1. The van der Waals surface area contributed by atoms with Gasteiger partial charge in [0.2, 0.25) is 0 Å². The quantitative estimate of drug-likeness (QED) is 0.563. The fraction of sp³-hybridized carbons (Fsp3) is 0.350. The molecular formula is C20H23Cl2NO2S. The normalized spacial score (nSPS) is 11.8. The average molecular weight is 412 g/mol. The second-order valence-corrected chi connectivity index (χ2v) is 7.73. The third-order valence-corrected chi connectivity index (χ3v) is 5.59. The second-order valence-electron chi connectivity index (χ2n) is 5.81. The van der Waals surface area contributed by atoms with E-state index in [1.54, 1.807) is 24.8 Å². The van der Waals surface area contributed by atoms with Gasteiger partial charge >= 0.3 is 0 Å². The topological polar surface area (TPSA) is 38.3 Å². The van der Waals surface area contributed by atoms with Gasteiger partial charge in [-0.3, -0.25) is 4.79 Å². The first-order valence-electron chi connectivity index (χ1n) is 8.55. The highest BCUT2D eigenvalue weighted by Gasteiger charge is 2.15. The Hall–Kier alpha value is -1.36. The molecule has 6 heteroatoms. The fourth-order valence-corrected chi connectivity index (χ4v) is 3.49. The lowest BCUT2D eigenvalue weighted by atomic mass is 10.1. The summed E-state index contributed by atoms with van der Waals surface area (Å²) in [5.74, 6) is 2.30. The highest BCUT2D eigenvalue weighted by atomic mass is 35.5. The van der Waals surface area contributed by atoms with Crippen molar-refractivity contribution < 1.29 is 9.53 Å². The Labute approximate surface area is 169 Å². The lowest BCUT2D eigenvalue weighted by Gasteiger charge is -2.16. The van der Waals surface area contributed by atoms with Crippen molar-refractivity contribution in [2.24, 2.45) is 0 Å². The number of carbonyl (C=O) groups excluding carboxylic acids is 1. The molecule has 26 heavy (non-hydrogen) atoms. The van der Waals surface area contributed by atoms with Crippen LogP contribution in [-0.4, -0.2) is 24.3 Å². The molecular weight excluding hydrogens is 389 g/mol. The minimum absolute atomic E-state index is 0.106. The first-order valence-corrected chi connectivity index (χ1v) is 10.5. The molecule has 2 aromatic rings. The van der Waals surface area contributed by atoms with E-state index in [1.165, 1.54) is 0 Å². The van der Waals surface area contributed by atoms with Crippen LogP contribution in [0.1, 0.15) is 25.0 Å². The second kappa shape index (κ2) is 10.7. The molecule has 0 aliphatic rings. The van der Waals surface area contributed by atoms with Crippen LogP contribution in [-0.2, 0) is 17.0 Å². The maximum atomic E-state index is 12.2. The third kappa shape index (κ3) is 6.42. The van der Waals surface area contributed by atoms with Crippen LogP contribution in [0.2, 0.25) is 10.0 Å². The van der Waals surface area contributed by atoms with Gasteiger partial charge in [-0.1, -0.05) is 54.4 Å². The van der Waals surface area contributed by atoms with Crippen LogP contribution in [0.4, 0.5) is 0 Å². The molecule has 0 heterocycles. The summed E-state index contributed by atoms with van der Waals surface area (Å²) >= 11 is 13.6. The van der Waals surface area contributed by atoms with Gasteiger partial charge in [-0.05, 0) is 42.7 Å². The van der Waals surface area contributed by atoms with Gasteiger partial charge in [-0.2, -0.15) is 11.8 Å². The summed E-state index contributed by atoms with van der Waals surface area (Å²) in [4.78, 5) is 12.2. The molecule has 1 atom stereocenters. The Morgan fingerprint density at radius 2 is 1.96 bits per heavy atom. The van der Waals surface area contributed by atoms with Crippen molar-refractivity contribution in [3.63, 3.8) is 0 Å². The predicted octanol–water partition coefficient (Wildman–Crippen LogP) is 5.37. The zero-order valence-electron chi connectivity index (χ0n) is 14.9. The Morgan fingerprint density at radius 3 is 2.69 bits per heavy atom. The number of rotatable bonds is 9. The molecule has 0 fully saturated rings. The molecule has 3 nitrogen and oxygen atoms in total. The number of carbonyl (C=O) groups is 1. The zero-order valence-corrected chi connectivity index (χ0v) is 17.3. The van der Waals surface area contributed by atoms with E-state index in [-0.39, 0.29) is 5.91 Å². The molecule has 0 aliphatic carbocycles. The summed E-state index contributed by atoms with van der Waals surface area (Å²) in [5, 5.41) is 4.04. The molecule has 0 saturated heterocycles. The smallest absolute Gasteiger partial charge is 0.260 e. The minimum atomic E-state index is -0.525. The van der Waals surface area contributed by atoms with E-state index in [4.69, 9.17) is 27.9 Å². The monoisotopic (exact) mass is 411 g/mol. The summed E-state index contributed by atoms with van der Waals surface area (Å²) in [6.07, 6.45) is 0.346. The third-order valence-electron chi connectivity index (χ3n) is 3.82. The maximum Gasteiger partial charge on any atom is 0.260 e. The van der Waals surface area contributed by atoms with Crippen molar-refractivity contribution in [3.8, 4) is 5.75 Å². The molecule has 140 valence electrons. The van der Waals surface area contributed by atoms with Crippen molar-refractivity contribution in [3.05, 3.63) is 63.6 Å². The number of halogens is 2. The van der Waals surface area contributed by atoms with E-state index in [2.05, 4.69) is 12.2 Å². The summed E-state index contributed by atoms with van der Waals surface area (Å²) in [7, 11) is 0. The number of aryl methyl sites for hydroxylation is 1. The van der Waals surface area contributed by atoms with Gasteiger partial charge in [0.25, 0.3) is 5.91 Å². The van der Waals surface area contributed by atoms with Crippen molar-refractivity contribution in [1.29, 1.82) is 0 Å². The van der Waals surface area contributed by atoms with Gasteiger partial charge in [0.15, 0.2) is 6.10 Å². The van der Waals surface area contributed by atoms with Gasteiger partial charge in [0.05, 0.1) is 10.0 Å². The molecule has 2 aromatic carbocycles. The molecule has 0 aromatic heterocycles. The van der Waals surface area contributed by atoms with Crippen LogP contribution >= 0.6 is 35.0 Å². The summed E-state index contributed by atoms with van der Waals surface area (Å²) < 4.78 is 5.80. The minimum Gasteiger partial charge on any atom is -0.481 e. The lowest BCUT2D eigenvalue weighted by molar-refractivity contribution is -0.127. The van der Waals surface area contributed by atoms with E-state index in [0.717, 1.165) is 34.8 Å². The van der Waals surface area contributed by atoms with Crippen LogP contribution in [0.15, 0.2) is 42.5 Å². The Bertz CT molecular complexity index is 740. The van der Waals surface area contributed by atoms with E-state index in [9.17, 15) is 4.79 Å². The van der Waals surface area contributed by atoms with E-state index >= 15 is 0 Å². The molecule has 0 unspecified atom stereocenters. The summed E-state index contributed by atoms with van der Waals surface area (Å²) in [6.45, 7) is 4.43. The number of thioether (sulfide) groups is 1. The highest BCUT2D eigenvalue weighted by molar-refractivity contribution is 7.98. The standard InChI is InChI=1S/C20H23Cl2NO2S/c1-3-16-6-4-5-7-19(16)25-14(2)20(24)23-10-11-26-13-15-8-9-17(21)18(22)12-15/h4-9,12,14H,3,10-11,13H2,1-2H3,(H,23,24)/t14-/m0/s1. The number of hydrogen-bond acceptors (Lipinski definition) is 3. The Morgan fingerprint density at radius 1 is 1.19 bits per heavy atom. The Balaban J connectivity index is 1.70. The lowest BCUT2D eigenvalue weighted by Crippen LogP contribution is -2.37. The molecule has 1 amide bonds. The SMILES string of the molecule is CCc1ccccc1O[C@@H](C)C(=O)NCCSCc1ccc(Cl)c(Cl)c1. The van der Waals surface area contributed by atoms with Gasteiger partial charge in [-0.15, -0.1) is 0 Å². The summed E-state index contributed by atoms with van der Waals surface area (Å²) in [5.41, 5.74) is 2.22. The molecule has 0 spiro atoms. The molecule has 0 radical (unpaired) electrons. The number of nitrogens with one attached hydrogen (secondary N) is 1. The number of ether oxygens (including phenoxy) is 1. The van der Waals surface area contributed by atoms with Crippen LogP contribution in [0, 0.1) is 0 Å². The van der Waals surface area contributed by atoms with E-state index in [1.807, 2.05) is 36.4 Å². The van der Waals surface area contributed by atoms with Crippen LogP contribution < -0.4 is 10.1 Å². The van der Waals surface area contributed by atoms with Crippen molar-refractivity contribution >= 4 is 40.9 Å². The van der Waals surface area contributed by atoms with Crippen LogP contribution in [0.25, 0.3) is 0 Å². The molecule has 1 N–H and O–H groups in total. The number of benzene rings is 2. The van der Waals surface area contributed by atoms with Crippen molar-refractivity contribution in [2.75, 3.05) is 12.3 Å².